The Morgan fingerprint density at radius 1 is 1.53 bits per heavy atom. The van der Waals surface area contributed by atoms with Crippen LogP contribution in [0.25, 0.3) is 0 Å². The van der Waals surface area contributed by atoms with Crippen LogP contribution in [0.1, 0.15) is 19.5 Å². The highest BCUT2D eigenvalue weighted by Gasteiger charge is 2.12. The van der Waals surface area contributed by atoms with Gasteiger partial charge in [-0.05, 0) is 26.0 Å². The minimum absolute atomic E-state index is 0.0124. The standard InChI is InChI=1S/C11H15BrN2O/c1-8(14-11(15)9(2)12)7-10-5-3-4-6-13-10/h3-6,8-9H,7H2,1-2H3,(H,14,15). The fourth-order valence-electron chi connectivity index (χ4n) is 1.24. The monoisotopic (exact) mass is 270 g/mol. The van der Waals surface area contributed by atoms with Gasteiger partial charge in [-0.3, -0.25) is 9.78 Å². The molecule has 1 aromatic rings. The van der Waals surface area contributed by atoms with Crippen molar-refractivity contribution in [3.63, 3.8) is 0 Å². The third kappa shape index (κ3) is 4.42. The summed E-state index contributed by atoms with van der Waals surface area (Å²) in [5.74, 6) is 0.0124. The van der Waals surface area contributed by atoms with Gasteiger partial charge in [0.25, 0.3) is 0 Å². The van der Waals surface area contributed by atoms with Crippen LogP contribution in [0, 0.1) is 0 Å². The van der Waals surface area contributed by atoms with Crippen molar-refractivity contribution in [2.75, 3.05) is 0 Å². The van der Waals surface area contributed by atoms with E-state index in [0.717, 1.165) is 12.1 Å². The third-order valence-corrected chi connectivity index (χ3v) is 2.41. The van der Waals surface area contributed by atoms with Crippen LogP contribution in [0.15, 0.2) is 24.4 Å². The highest BCUT2D eigenvalue weighted by molar-refractivity contribution is 9.10. The summed E-state index contributed by atoms with van der Waals surface area (Å²) >= 11 is 3.23. The average molecular weight is 271 g/mol. The van der Waals surface area contributed by atoms with Crippen molar-refractivity contribution in [2.45, 2.75) is 31.1 Å². The van der Waals surface area contributed by atoms with Gasteiger partial charge in [0.2, 0.25) is 5.91 Å². The number of nitrogens with zero attached hydrogens (tertiary/aromatic N) is 1. The van der Waals surface area contributed by atoms with Crippen molar-refractivity contribution in [1.82, 2.24) is 10.3 Å². The van der Waals surface area contributed by atoms with Gasteiger partial charge in [-0.25, -0.2) is 0 Å². The van der Waals surface area contributed by atoms with Crippen molar-refractivity contribution >= 4 is 21.8 Å². The van der Waals surface area contributed by atoms with Gasteiger partial charge in [0.15, 0.2) is 0 Å². The molecule has 1 amide bonds. The highest BCUT2D eigenvalue weighted by Crippen LogP contribution is 2.01. The number of nitrogens with one attached hydrogen (secondary N) is 1. The van der Waals surface area contributed by atoms with E-state index in [0.29, 0.717) is 0 Å². The number of alkyl halides is 1. The lowest BCUT2D eigenvalue weighted by molar-refractivity contribution is -0.120. The summed E-state index contributed by atoms with van der Waals surface area (Å²) in [6, 6.07) is 5.89. The smallest absolute Gasteiger partial charge is 0.233 e. The van der Waals surface area contributed by atoms with E-state index in [1.54, 1.807) is 6.20 Å². The Kier molecular flexibility index (Phi) is 4.75. The minimum Gasteiger partial charge on any atom is -0.352 e. The second-order valence-electron chi connectivity index (χ2n) is 3.55. The van der Waals surface area contributed by atoms with E-state index in [1.807, 2.05) is 32.0 Å². The number of amides is 1. The lowest BCUT2D eigenvalue weighted by atomic mass is 10.1. The molecule has 0 bridgehead atoms. The Labute approximate surface area is 98.4 Å². The molecule has 0 aliphatic rings. The van der Waals surface area contributed by atoms with Crippen molar-refractivity contribution in [1.29, 1.82) is 0 Å². The van der Waals surface area contributed by atoms with Gasteiger partial charge in [-0.15, -0.1) is 0 Å². The van der Waals surface area contributed by atoms with Gasteiger partial charge in [-0.1, -0.05) is 22.0 Å². The van der Waals surface area contributed by atoms with Crippen LogP contribution in [-0.4, -0.2) is 21.8 Å². The number of hydrogen-bond acceptors (Lipinski definition) is 2. The SMILES string of the molecule is CC(Cc1ccccn1)NC(=O)C(C)Br. The molecular weight excluding hydrogens is 256 g/mol. The Hall–Kier alpha value is -0.900. The maximum absolute atomic E-state index is 11.4. The molecule has 3 nitrogen and oxygen atoms in total. The maximum atomic E-state index is 11.4. The Balaban J connectivity index is 2.43. The molecule has 0 aliphatic carbocycles. The molecule has 0 aromatic carbocycles. The van der Waals surface area contributed by atoms with Gasteiger partial charge in [0.1, 0.15) is 0 Å². The predicted octanol–water partition coefficient (Wildman–Crippen LogP) is 1.91. The molecule has 0 radical (unpaired) electrons. The molecule has 15 heavy (non-hydrogen) atoms. The van der Waals surface area contributed by atoms with E-state index in [-0.39, 0.29) is 16.8 Å². The van der Waals surface area contributed by atoms with E-state index in [1.165, 1.54) is 0 Å². The lowest BCUT2D eigenvalue weighted by Crippen LogP contribution is -2.37. The molecule has 0 spiro atoms. The summed E-state index contributed by atoms with van der Waals surface area (Å²) in [7, 11) is 0. The molecule has 2 unspecified atom stereocenters. The molecule has 1 rings (SSSR count). The number of hydrogen-bond donors (Lipinski definition) is 1. The molecule has 2 atom stereocenters. The molecule has 0 saturated heterocycles. The molecule has 1 N–H and O–H groups in total. The number of carbonyl (C=O) groups is 1. The summed E-state index contributed by atoms with van der Waals surface area (Å²) in [5.41, 5.74) is 0.993. The lowest BCUT2D eigenvalue weighted by Gasteiger charge is -2.14. The van der Waals surface area contributed by atoms with Crippen LogP contribution < -0.4 is 5.32 Å². The zero-order valence-electron chi connectivity index (χ0n) is 8.90. The number of halogens is 1. The molecule has 0 fully saturated rings. The van der Waals surface area contributed by atoms with E-state index < -0.39 is 0 Å². The van der Waals surface area contributed by atoms with Crippen molar-refractivity contribution in [2.24, 2.45) is 0 Å². The zero-order chi connectivity index (χ0) is 11.3. The van der Waals surface area contributed by atoms with E-state index in [4.69, 9.17) is 0 Å². The summed E-state index contributed by atoms with van der Waals surface area (Å²) in [5, 5.41) is 2.90. The molecular formula is C11H15BrN2O. The van der Waals surface area contributed by atoms with Crippen LogP contribution in [0.5, 0.6) is 0 Å². The van der Waals surface area contributed by atoms with Crippen LogP contribution in [0.2, 0.25) is 0 Å². The Morgan fingerprint density at radius 2 is 2.27 bits per heavy atom. The first kappa shape index (κ1) is 12.2. The first-order valence-electron chi connectivity index (χ1n) is 4.94. The van der Waals surface area contributed by atoms with Crippen molar-refractivity contribution < 1.29 is 4.79 Å². The predicted molar refractivity (Wildman–Crippen MR) is 63.9 cm³/mol. The van der Waals surface area contributed by atoms with Crippen molar-refractivity contribution in [3.05, 3.63) is 30.1 Å². The Morgan fingerprint density at radius 3 is 2.80 bits per heavy atom. The van der Waals surface area contributed by atoms with E-state index in [9.17, 15) is 4.79 Å². The highest BCUT2D eigenvalue weighted by atomic mass is 79.9. The minimum atomic E-state index is -0.149. The molecule has 0 aliphatic heterocycles. The number of carbonyl (C=O) groups excluding carboxylic acids is 1. The summed E-state index contributed by atoms with van der Waals surface area (Å²) in [6.07, 6.45) is 2.52. The van der Waals surface area contributed by atoms with Crippen molar-refractivity contribution in [3.8, 4) is 0 Å². The van der Waals surface area contributed by atoms with Crippen LogP contribution in [0.3, 0.4) is 0 Å². The van der Waals surface area contributed by atoms with Gasteiger partial charge < -0.3 is 5.32 Å². The number of aromatic nitrogens is 1. The first-order chi connectivity index (χ1) is 7.09. The molecule has 82 valence electrons. The summed E-state index contributed by atoms with van der Waals surface area (Å²) in [4.78, 5) is 15.4. The Bertz CT molecular complexity index is 314. The van der Waals surface area contributed by atoms with Crippen LogP contribution in [-0.2, 0) is 11.2 Å². The largest absolute Gasteiger partial charge is 0.352 e. The average Bonchev–Trinajstić information content (AvgIpc) is 2.18. The van der Waals surface area contributed by atoms with Gasteiger partial charge in [0, 0.05) is 24.4 Å². The summed E-state index contributed by atoms with van der Waals surface area (Å²) < 4.78 is 0. The van der Waals surface area contributed by atoms with Gasteiger partial charge in [-0.2, -0.15) is 0 Å². The quantitative estimate of drug-likeness (QED) is 0.850. The molecule has 4 heteroatoms. The zero-order valence-corrected chi connectivity index (χ0v) is 10.5. The topological polar surface area (TPSA) is 42.0 Å². The third-order valence-electron chi connectivity index (χ3n) is 1.99. The van der Waals surface area contributed by atoms with Gasteiger partial charge in [0.05, 0.1) is 4.83 Å². The fourth-order valence-corrected chi connectivity index (χ4v) is 1.37. The molecule has 1 aromatic heterocycles. The number of pyridine rings is 1. The maximum Gasteiger partial charge on any atom is 0.233 e. The normalized spacial score (nSPS) is 14.3. The van der Waals surface area contributed by atoms with E-state index >= 15 is 0 Å². The fraction of sp³-hybridized carbons (Fsp3) is 0.455. The first-order valence-corrected chi connectivity index (χ1v) is 5.85. The second kappa shape index (κ2) is 5.85. The van der Waals surface area contributed by atoms with Gasteiger partial charge >= 0.3 is 0 Å². The van der Waals surface area contributed by atoms with Crippen LogP contribution >= 0.6 is 15.9 Å². The van der Waals surface area contributed by atoms with E-state index in [2.05, 4.69) is 26.2 Å². The summed E-state index contributed by atoms with van der Waals surface area (Å²) in [6.45, 7) is 3.78. The van der Waals surface area contributed by atoms with Crippen LogP contribution in [0.4, 0.5) is 0 Å². The second-order valence-corrected chi connectivity index (χ2v) is 4.92. The molecule has 1 heterocycles. The number of rotatable bonds is 4. The molecule has 0 saturated carbocycles.